The van der Waals surface area contributed by atoms with Crippen molar-refractivity contribution in [3.63, 3.8) is 0 Å². The van der Waals surface area contributed by atoms with E-state index in [0.29, 0.717) is 6.54 Å². The lowest BCUT2D eigenvalue weighted by molar-refractivity contribution is -0.125. The molecule has 1 saturated heterocycles. The third kappa shape index (κ3) is 6.59. The predicted octanol–water partition coefficient (Wildman–Crippen LogP) is 2.70. The van der Waals surface area contributed by atoms with Crippen LogP contribution in [0.3, 0.4) is 0 Å². The highest BCUT2D eigenvalue weighted by Gasteiger charge is 2.23. The van der Waals surface area contributed by atoms with E-state index in [1.165, 1.54) is 19.3 Å². The standard InChI is InChI=1S/C24H31N3O3/c1-30-21-12-10-20(11-13-21)22(27-14-6-3-7-15-27)17-25-24(29)18-26-23(28)16-19-8-4-2-5-9-19/h2,4-5,8-13,22H,3,6-7,14-18H2,1H3,(H,25,29)(H,26,28). The van der Waals surface area contributed by atoms with Gasteiger partial charge in [-0.25, -0.2) is 0 Å². The molecule has 2 N–H and O–H groups in total. The van der Waals surface area contributed by atoms with Crippen molar-refractivity contribution >= 4 is 11.8 Å². The number of benzene rings is 2. The molecule has 0 spiro atoms. The summed E-state index contributed by atoms with van der Waals surface area (Å²) in [7, 11) is 1.66. The summed E-state index contributed by atoms with van der Waals surface area (Å²) in [5.41, 5.74) is 2.09. The molecule has 2 amide bonds. The maximum atomic E-state index is 12.4. The van der Waals surface area contributed by atoms with E-state index in [2.05, 4.69) is 27.7 Å². The van der Waals surface area contributed by atoms with Crippen molar-refractivity contribution in [1.82, 2.24) is 15.5 Å². The monoisotopic (exact) mass is 409 g/mol. The van der Waals surface area contributed by atoms with E-state index in [4.69, 9.17) is 4.74 Å². The first kappa shape index (κ1) is 21.8. The third-order valence-electron chi connectivity index (χ3n) is 5.48. The van der Waals surface area contributed by atoms with Gasteiger partial charge in [0.1, 0.15) is 5.75 Å². The van der Waals surface area contributed by atoms with Gasteiger partial charge in [0.25, 0.3) is 0 Å². The second kappa shape index (κ2) is 11.4. The first-order valence-electron chi connectivity index (χ1n) is 10.6. The molecule has 2 aromatic rings. The summed E-state index contributed by atoms with van der Waals surface area (Å²) in [6, 6.07) is 17.7. The summed E-state index contributed by atoms with van der Waals surface area (Å²) in [5.74, 6) is 0.493. The fourth-order valence-corrected chi connectivity index (χ4v) is 3.81. The lowest BCUT2D eigenvalue weighted by Crippen LogP contribution is -2.43. The van der Waals surface area contributed by atoms with Gasteiger partial charge in [0, 0.05) is 6.54 Å². The number of carbonyl (C=O) groups is 2. The van der Waals surface area contributed by atoms with Crippen LogP contribution >= 0.6 is 0 Å². The summed E-state index contributed by atoms with van der Waals surface area (Å²) in [5, 5.41) is 5.71. The molecule has 1 aliphatic heterocycles. The minimum absolute atomic E-state index is 0.0129. The van der Waals surface area contributed by atoms with Crippen molar-refractivity contribution in [1.29, 1.82) is 0 Å². The van der Waals surface area contributed by atoms with E-state index < -0.39 is 0 Å². The molecule has 1 fully saturated rings. The van der Waals surface area contributed by atoms with Gasteiger partial charge in [0.2, 0.25) is 11.8 Å². The molecule has 6 nitrogen and oxygen atoms in total. The maximum Gasteiger partial charge on any atom is 0.239 e. The Kier molecular flexibility index (Phi) is 8.27. The van der Waals surface area contributed by atoms with E-state index in [1.807, 2.05) is 42.5 Å². The van der Waals surface area contributed by atoms with Gasteiger partial charge >= 0.3 is 0 Å². The normalized spacial score (nSPS) is 15.2. The van der Waals surface area contributed by atoms with Crippen LogP contribution < -0.4 is 15.4 Å². The minimum Gasteiger partial charge on any atom is -0.497 e. The molecule has 1 atom stereocenters. The highest BCUT2D eigenvalue weighted by atomic mass is 16.5. The molecule has 160 valence electrons. The molecular formula is C24H31N3O3. The van der Waals surface area contributed by atoms with E-state index in [9.17, 15) is 9.59 Å². The van der Waals surface area contributed by atoms with E-state index >= 15 is 0 Å². The molecule has 1 unspecified atom stereocenters. The Morgan fingerprint density at radius 2 is 1.63 bits per heavy atom. The van der Waals surface area contributed by atoms with Crippen LogP contribution in [0.4, 0.5) is 0 Å². The van der Waals surface area contributed by atoms with Crippen LogP contribution in [0.5, 0.6) is 5.75 Å². The van der Waals surface area contributed by atoms with Crippen LogP contribution in [0.1, 0.15) is 36.4 Å². The molecule has 0 bridgehead atoms. The summed E-state index contributed by atoms with van der Waals surface area (Å²) < 4.78 is 5.27. The predicted molar refractivity (Wildman–Crippen MR) is 117 cm³/mol. The second-order valence-electron chi connectivity index (χ2n) is 7.63. The van der Waals surface area contributed by atoms with Gasteiger partial charge in [0.05, 0.1) is 26.1 Å². The Hall–Kier alpha value is -2.86. The molecular weight excluding hydrogens is 378 g/mol. The lowest BCUT2D eigenvalue weighted by atomic mass is 10.0. The Bertz CT molecular complexity index is 802. The number of nitrogens with zero attached hydrogens (tertiary/aromatic N) is 1. The Morgan fingerprint density at radius 1 is 0.933 bits per heavy atom. The number of methoxy groups -OCH3 is 1. The van der Waals surface area contributed by atoms with Crippen LogP contribution in [-0.4, -0.2) is 50.0 Å². The highest BCUT2D eigenvalue weighted by Crippen LogP contribution is 2.25. The average molecular weight is 410 g/mol. The van der Waals surface area contributed by atoms with Crippen molar-refractivity contribution in [2.45, 2.75) is 31.7 Å². The molecule has 1 heterocycles. The van der Waals surface area contributed by atoms with Crippen LogP contribution in [0.25, 0.3) is 0 Å². The van der Waals surface area contributed by atoms with Gasteiger partial charge in [0.15, 0.2) is 0 Å². The summed E-state index contributed by atoms with van der Waals surface area (Å²) >= 11 is 0. The van der Waals surface area contributed by atoms with Gasteiger partial charge in [-0.05, 0) is 49.2 Å². The number of ether oxygens (including phenoxy) is 1. The van der Waals surface area contributed by atoms with Crippen molar-refractivity contribution in [2.75, 3.05) is 33.3 Å². The lowest BCUT2D eigenvalue weighted by Gasteiger charge is -2.35. The second-order valence-corrected chi connectivity index (χ2v) is 7.63. The minimum atomic E-state index is -0.174. The molecule has 0 aromatic heterocycles. The van der Waals surface area contributed by atoms with Gasteiger partial charge in [-0.3, -0.25) is 14.5 Å². The third-order valence-corrected chi connectivity index (χ3v) is 5.48. The van der Waals surface area contributed by atoms with Crippen LogP contribution in [0.2, 0.25) is 0 Å². The number of piperidine rings is 1. The molecule has 0 aliphatic carbocycles. The smallest absolute Gasteiger partial charge is 0.239 e. The number of nitrogens with one attached hydrogen (secondary N) is 2. The Morgan fingerprint density at radius 3 is 2.30 bits per heavy atom. The maximum absolute atomic E-state index is 12.4. The van der Waals surface area contributed by atoms with Crippen LogP contribution in [0.15, 0.2) is 54.6 Å². The molecule has 0 saturated carbocycles. The topological polar surface area (TPSA) is 70.7 Å². The van der Waals surface area contributed by atoms with E-state index in [0.717, 1.165) is 30.0 Å². The number of likely N-dealkylation sites (tertiary alicyclic amines) is 1. The highest BCUT2D eigenvalue weighted by molar-refractivity contribution is 5.85. The first-order valence-corrected chi connectivity index (χ1v) is 10.6. The van der Waals surface area contributed by atoms with Crippen molar-refractivity contribution < 1.29 is 14.3 Å². The SMILES string of the molecule is COc1ccc(C(CNC(=O)CNC(=O)Cc2ccccc2)N2CCCCC2)cc1. The summed E-state index contributed by atoms with van der Waals surface area (Å²) in [6.45, 7) is 2.56. The number of carbonyl (C=O) groups excluding carboxylic acids is 2. The van der Waals surface area contributed by atoms with Gasteiger partial charge < -0.3 is 15.4 Å². The summed E-state index contributed by atoms with van der Waals surface area (Å²) in [6.07, 6.45) is 3.88. The van der Waals surface area contributed by atoms with Gasteiger partial charge in [-0.15, -0.1) is 0 Å². The molecule has 6 heteroatoms. The molecule has 1 aliphatic rings. The quantitative estimate of drug-likeness (QED) is 0.668. The largest absolute Gasteiger partial charge is 0.497 e. The zero-order valence-corrected chi connectivity index (χ0v) is 17.6. The number of amides is 2. The fourth-order valence-electron chi connectivity index (χ4n) is 3.81. The first-order chi connectivity index (χ1) is 14.7. The van der Waals surface area contributed by atoms with Gasteiger partial charge in [-0.1, -0.05) is 48.9 Å². The molecule has 0 radical (unpaired) electrons. The number of hydrogen-bond donors (Lipinski definition) is 2. The van der Waals surface area contributed by atoms with Crippen LogP contribution in [0, 0.1) is 0 Å². The van der Waals surface area contributed by atoms with E-state index in [-0.39, 0.29) is 30.8 Å². The zero-order chi connectivity index (χ0) is 21.2. The number of rotatable bonds is 9. The van der Waals surface area contributed by atoms with Crippen molar-refractivity contribution in [3.05, 3.63) is 65.7 Å². The zero-order valence-electron chi connectivity index (χ0n) is 17.6. The van der Waals surface area contributed by atoms with Crippen molar-refractivity contribution in [2.24, 2.45) is 0 Å². The van der Waals surface area contributed by atoms with Crippen LogP contribution in [-0.2, 0) is 16.0 Å². The molecule has 2 aromatic carbocycles. The average Bonchev–Trinajstić information content (AvgIpc) is 2.79. The Labute approximate surface area is 178 Å². The fraction of sp³-hybridized carbons (Fsp3) is 0.417. The number of hydrogen-bond acceptors (Lipinski definition) is 4. The molecule has 30 heavy (non-hydrogen) atoms. The van der Waals surface area contributed by atoms with Crippen molar-refractivity contribution in [3.8, 4) is 5.75 Å². The van der Waals surface area contributed by atoms with Gasteiger partial charge in [-0.2, -0.15) is 0 Å². The summed E-state index contributed by atoms with van der Waals surface area (Å²) in [4.78, 5) is 26.9. The Balaban J connectivity index is 1.52. The molecule has 3 rings (SSSR count). The van der Waals surface area contributed by atoms with E-state index in [1.54, 1.807) is 7.11 Å².